The summed E-state index contributed by atoms with van der Waals surface area (Å²) in [6.45, 7) is 3.04. The lowest BCUT2D eigenvalue weighted by Gasteiger charge is -2.27. The van der Waals surface area contributed by atoms with E-state index in [1.807, 2.05) is 27.5 Å². The summed E-state index contributed by atoms with van der Waals surface area (Å²) in [6.07, 6.45) is 0. The number of aryl methyl sites for hydroxylation is 1. The third-order valence-electron chi connectivity index (χ3n) is 4.83. The van der Waals surface area contributed by atoms with E-state index in [1.165, 1.54) is 11.3 Å². The quantitative estimate of drug-likeness (QED) is 0.451. The number of hydrogen-bond donors (Lipinski definition) is 0. The number of hydrogen-bond acceptors (Lipinski definition) is 9. The van der Waals surface area contributed by atoms with Crippen molar-refractivity contribution >= 4 is 45.0 Å². The van der Waals surface area contributed by atoms with Gasteiger partial charge in [0, 0.05) is 27.2 Å². The Labute approximate surface area is 167 Å². The van der Waals surface area contributed by atoms with Gasteiger partial charge in [0.25, 0.3) is 5.56 Å². The molecule has 146 valence electrons. The Morgan fingerprint density at radius 2 is 1.96 bits per heavy atom. The minimum atomic E-state index is -0.0486. The van der Waals surface area contributed by atoms with Crippen molar-refractivity contribution in [1.29, 1.82) is 0 Å². The smallest absolute Gasteiger partial charge is 0.272 e. The van der Waals surface area contributed by atoms with E-state index in [9.17, 15) is 4.79 Å². The molecule has 1 fully saturated rings. The maximum atomic E-state index is 12.4. The fourth-order valence-electron chi connectivity index (χ4n) is 3.35. The fourth-order valence-corrected chi connectivity index (χ4v) is 5.02. The predicted molar refractivity (Wildman–Crippen MR) is 107 cm³/mol. The summed E-state index contributed by atoms with van der Waals surface area (Å²) in [7, 11) is 3.69. The summed E-state index contributed by atoms with van der Waals surface area (Å²) in [4.78, 5) is 14.6. The van der Waals surface area contributed by atoms with Crippen molar-refractivity contribution in [2.75, 3.05) is 31.2 Å². The summed E-state index contributed by atoms with van der Waals surface area (Å²) < 4.78 is 11.6. The third-order valence-corrected chi connectivity index (χ3v) is 6.74. The van der Waals surface area contributed by atoms with Crippen LogP contribution in [0.1, 0.15) is 5.82 Å². The lowest BCUT2D eigenvalue weighted by molar-refractivity contribution is 0.121. The number of anilines is 1. The molecule has 0 atom stereocenters. The number of thioether (sulfide) groups is 1. The average molecular weight is 419 g/mol. The standard InChI is InChI=1S/C16H18N8O2S2/c1-21-13(25)12-10(3-8-27-12)24-11(17-19-15(21)24)9-28-16-20-18-14(22(16)2)23-4-6-26-7-5-23/h3,8H,4-7,9H2,1-2H3. The minimum Gasteiger partial charge on any atom is -0.378 e. The molecule has 0 saturated carbocycles. The first-order valence-corrected chi connectivity index (χ1v) is 10.7. The van der Waals surface area contributed by atoms with Gasteiger partial charge in [0.15, 0.2) is 5.16 Å². The second-order valence-electron chi connectivity index (χ2n) is 6.48. The highest BCUT2D eigenvalue weighted by atomic mass is 32.2. The van der Waals surface area contributed by atoms with E-state index in [1.54, 1.807) is 23.4 Å². The predicted octanol–water partition coefficient (Wildman–Crippen LogP) is 0.900. The van der Waals surface area contributed by atoms with Crippen molar-refractivity contribution in [3.8, 4) is 0 Å². The molecule has 0 aliphatic carbocycles. The maximum absolute atomic E-state index is 12.4. The number of ether oxygens (including phenoxy) is 1. The lowest BCUT2D eigenvalue weighted by Crippen LogP contribution is -2.37. The van der Waals surface area contributed by atoms with E-state index in [0.717, 1.165) is 35.5 Å². The van der Waals surface area contributed by atoms with Crippen molar-refractivity contribution < 1.29 is 4.74 Å². The van der Waals surface area contributed by atoms with Gasteiger partial charge in [0.2, 0.25) is 11.7 Å². The van der Waals surface area contributed by atoms with Crippen molar-refractivity contribution in [3.05, 3.63) is 27.6 Å². The first-order valence-electron chi connectivity index (χ1n) is 8.80. The molecule has 0 radical (unpaired) electrons. The van der Waals surface area contributed by atoms with Crippen molar-refractivity contribution in [1.82, 2.24) is 33.9 Å². The monoisotopic (exact) mass is 418 g/mol. The van der Waals surface area contributed by atoms with Crippen molar-refractivity contribution in [2.24, 2.45) is 14.1 Å². The van der Waals surface area contributed by atoms with E-state index in [-0.39, 0.29) is 5.56 Å². The topological polar surface area (TPSA) is 95.4 Å². The summed E-state index contributed by atoms with van der Waals surface area (Å²) in [5.74, 6) is 2.73. The zero-order chi connectivity index (χ0) is 19.3. The van der Waals surface area contributed by atoms with Gasteiger partial charge in [-0.3, -0.25) is 18.3 Å². The van der Waals surface area contributed by atoms with Gasteiger partial charge in [-0.25, -0.2) is 0 Å². The first kappa shape index (κ1) is 17.6. The van der Waals surface area contributed by atoms with E-state index in [2.05, 4.69) is 25.3 Å². The summed E-state index contributed by atoms with van der Waals surface area (Å²) in [6, 6.07) is 1.94. The Morgan fingerprint density at radius 3 is 2.79 bits per heavy atom. The number of morpholine rings is 1. The molecule has 0 amide bonds. The SMILES string of the molecule is Cn1c(SCc2nnc3n(C)c(=O)c4sccc4n23)nnc1N1CCOCC1. The number of fused-ring (bicyclic) bond motifs is 3. The van der Waals surface area contributed by atoms with Gasteiger partial charge < -0.3 is 9.64 Å². The molecule has 1 saturated heterocycles. The van der Waals surface area contributed by atoms with E-state index < -0.39 is 0 Å². The molecular weight excluding hydrogens is 400 g/mol. The molecule has 0 bridgehead atoms. The van der Waals surface area contributed by atoms with Gasteiger partial charge in [-0.05, 0) is 11.4 Å². The molecule has 5 heterocycles. The van der Waals surface area contributed by atoms with Crippen LogP contribution in [0, 0.1) is 0 Å². The van der Waals surface area contributed by atoms with Crippen molar-refractivity contribution in [3.63, 3.8) is 0 Å². The zero-order valence-electron chi connectivity index (χ0n) is 15.4. The highest BCUT2D eigenvalue weighted by molar-refractivity contribution is 7.98. The van der Waals surface area contributed by atoms with Crippen molar-refractivity contribution in [2.45, 2.75) is 10.9 Å². The van der Waals surface area contributed by atoms with Gasteiger partial charge in [-0.1, -0.05) is 11.8 Å². The molecule has 0 spiro atoms. The van der Waals surface area contributed by atoms with Crippen LogP contribution in [-0.4, -0.2) is 60.2 Å². The van der Waals surface area contributed by atoms with Gasteiger partial charge in [-0.2, -0.15) is 0 Å². The van der Waals surface area contributed by atoms with Crippen LogP contribution in [-0.2, 0) is 24.6 Å². The Kier molecular flexibility index (Phi) is 4.33. The Balaban J connectivity index is 1.46. The lowest BCUT2D eigenvalue weighted by atomic mass is 10.4. The van der Waals surface area contributed by atoms with Crippen LogP contribution >= 0.6 is 23.1 Å². The highest BCUT2D eigenvalue weighted by Gasteiger charge is 2.20. The maximum Gasteiger partial charge on any atom is 0.272 e. The molecule has 0 N–H and O–H groups in total. The molecule has 28 heavy (non-hydrogen) atoms. The molecule has 1 aliphatic heterocycles. The van der Waals surface area contributed by atoms with E-state index >= 15 is 0 Å². The van der Waals surface area contributed by atoms with Crippen LogP contribution in [0.15, 0.2) is 21.4 Å². The molecule has 0 aromatic carbocycles. The molecule has 4 aromatic heterocycles. The number of rotatable bonds is 4. The number of nitrogens with zero attached hydrogens (tertiary/aromatic N) is 8. The molecule has 10 nitrogen and oxygen atoms in total. The third kappa shape index (κ3) is 2.71. The van der Waals surface area contributed by atoms with E-state index in [4.69, 9.17) is 4.74 Å². The van der Waals surface area contributed by atoms with Crippen LogP contribution in [0.4, 0.5) is 5.95 Å². The molecule has 0 unspecified atom stereocenters. The molecule has 12 heteroatoms. The Morgan fingerprint density at radius 1 is 1.14 bits per heavy atom. The molecule has 4 aromatic rings. The van der Waals surface area contributed by atoms with Crippen LogP contribution in [0.25, 0.3) is 16.0 Å². The van der Waals surface area contributed by atoms with Crippen LogP contribution in [0.5, 0.6) is 0 Å². The van der Waals surface area contributed by atoms with Gasteiger partial charge in [0.1, 0.15) is 10.5 Å². The second-order valence-corrected chi connectivity index (χ2v) is 8.34. The first-order chi connectivity index (χ1) is 13.6. The van der Waals surface area contributed by atoms with E-state index in [0.29, 0.717) is 29.4 Å². The number of thiophene rings is 1. The normalized spacial score (nSPS) is 15.1. The fraction of sp³-hybridized carbons (Fsp3) is 0.438. The van der Waals surface area contributed by atoms with Crippen LogP contribution in [0.3, 0.4) is 0 Å². The van der Waals surface area contributed by atoms with Gasteiger partial charge in [0.05, 0.1) is 24.5 Å². The van der Waals surface area contributed by atoms with Gasteiger partial charge >= 0.3 is 0 Å². The largest absolute Gasteiger partial charge is 0.378 e. The molecule has 1 aliphatic rings. The Hall–Kier alpha value is -2.44. The summed E-state index contributed by atoms with van der Waals surface area (Å²) >= 11 is 2.98. The summed E-state index contributed by atoms with van der Waals surface area (Å²) in [5, 5.41) is 20.0. The highest BCUT2D eigenvalue weighted by Crippen LogP contribution is 2.26. The molecular formula is C16H18N8O2S2. The van der Waals surface area contributed by atoms with Crippen LogP contribution < -0.4 is 10.5 Å². The minimum absolute atomic E-state index is 0.0486. The zero-order valence-corrected chi connectivity index (χ0v) is 17.0. The average Bonchev–Trinajstić information content (AvgIpc) is 3.43. The summed E-state index contributed by atoms with van der Waals surface area (Å²) in [5.41, 5.74) is 0.795. The second kappa shape index (κ2) is 6.87. The van der Waals surface area contributed by atoms with Gasteiger partial charge in [-0.15, -0.1) is 31.7 Å². The molecule has 5 rings (SSSR count). The number of aromatic nitrogens is 7. The Bertz CT molecular complexity index is 1220. The van der Waals surface area contributed by atoms with Crippen LogP contribution in [0.2, 0.25) is 0 Å².